The van der Waals surface area contributed by atoms with Crippen LogP contribution in [0.15, 0.2) is 72.5 Å². The molecule has 0 spiro atoms. The molecule has 1 aliphatic heterocycles. The van der Waals surface area contributed by atoms with Gasteiger partial charge >= 0.3 is 0 Å². The molecule has 4 aromatic rings. The Labute approximate surface area is 221 Å². The lowest BCUT2D eigenvalue weighted by Gasteiger charge is -2.40. The van der Waals surface area contributed by atoms with E-state index >= 15 is 0 Å². The van der Waals surface area contributed by atoms with Crippen molar-refractivity contribution in [3.8, 4) is 6.07 Å². The average molecular weight is 534 g/mol. The van der Waals surface area contributed by atoms with Crippen LogP contribution >= 0.6 is 0 Å². The van der Waals surface area contributed by atoms with Crippen LogP contribution in [-0.4, -0.2) is 51.0 Å². The molecule has 0 N–H and O–H groups in total. The maximum Gasteiger partial charge on any atom is 0.262 e. The summed E-state index contributed by atoms with van der Waals surface area (Å²) in [4.78, 5) is 10.5. The van der Waals surface area contributed by atoms with Crippen molar-refractivity contribution in [2.24, 2.45) is 14.1 Å². The Hall–Kier alpha value is -4.01. The predicted molar refractivity (Wildman–Crippen MR) is 140 cm³/mol. The zero-order valence-electron chi connectivity index (χ0n) is 21.2. The molecule has 5 rings (SSSR count). The number of aromatic nitrogens is 4. The van der Waals surface area contributed by atoms with E-state index in [1.165, 1.54) is 22.9 Å². The molecule has 1 aliphatic rings. The number of hydrogen-bond donors (Lipinski definition) is 0. The number of aryl methyl sites for hydroxylation is 2. The summed E-state index contributed by atoms with van der Waals surface area (Å²) >= 11 is 0. The summed E-state index contributed by atoms with van der Waals surface area (Å²) in [6.45, 7) is 1.00. The third-order valence-electron chi connectivity index (χ3n) is 6.93. The van der Waals surface area contributed by atoms with Crippen LogP contribution < -0.4 is 4.90 Å². The first kappa shape index (κ1) is 25.6. The third-order valence-corrected chi connectivity index (χ3v) is 8.76. The summed E-state index contributed by atoms with van der Waals surface area (Å²) in [6, 6.07) is 13.6. The van der Waals surface area contributed by atoms with Crippen molar-refractivity contribution in [3.63, 3.8) is 0 Å². The number of nitriles is 1. The Morgan fingerprint density at radius 2 is 2.00 bits per heavy atom. The van der Waals surface area contributed by atoms with Gasteiger partial charge in [0.05, 0.1) is 36.5 Å². The Balaban J connectivity index is 1.54. The van der Waals surface area contributed by atoms with Crippen LogP contribution in [0, 0.1) is 17.1 Å². The molecule has 0 aliphatic carbocycles. The highest BCUT2D eigenvalue weighted by Gasteiger charge is 2.37. The van der Waals surface area contributed by atoms with E-state index in [1.54, 1.807) is 48.4 Å². The molecule has 3 heterocycles. The molecular formula is C27H28FN7O2S. The van der Waals surface area contributed by atoms with Crippen molar-refractivity contribution in [2.75, 3.05) is 18.0 Å². The number of nitrogens with zero attached hydrogens (tertiary/aromatic N) is 7. The highest BCUT2D eigenvalue weighted by atomic mass is 32.2. The summed E-state index contributed by atoms with van der Waals surface area (Å²) in [6.07, 6.45) is 7.06. The summed E-state index contributed by atoms with van der Waals surface area (Å²) in [5.41, 5.74) is 3.76. The summed E-state index contributed by atoms with van der Waals surface area (Å²) in [5, 5.41) is 9.46. The second-order valence-corrected chi connectivity index (χ2v) is 11.4. The standard InChI is InChI=1S/C27H28FN7O2S/c1-32-17-27(31-19-32)38(36,37)35(10-9-21-5-3-4-6-25(21)28)23-12-22-11-20(13-29)7-8-26(22)34(15-23)16-24-14-30-18-33(24)2/h3-8,11,14,17-19,23H,9-10,12,15-16H2,1-2H3. The second-order valence-electron chi connectivity index (χ2n) is 9.52. The van der Waals surface area contributed by atoms with Gasteiger partial charge in [-0.1, -0.05) is 18.2 Å². The Morgan fingerprint density at radius 1 is 1.18 bits per heavy atom. The first-order valence-corrected chi connectivity index (χ1v) is 13.7. The van der Waals surface area contributed by atoms with Crippen LogP contribution in [0.2, 0.25) is 0 Å². The third kappa shape index (κ3) is 5.05. The van der Waals surface area contributed by atoms with E-state index in [1.807, 2.05) is 23.7 Å². The van der Waals surface area contributed by atoms with Gasteiger partial charge < -0.3 is 14.0 Å². The zero-order valence-corrected chi connectivity index (χ0v) is 22.0. The number of halogens is 1. The van der Waals surface area contributed by atoms with Gasteiger partial charge in [-0.2, -0.15) is 9.57 Å². The van der Waals surface area contributed by atoms with Gasteiger partial charge in [-0.15, -0.1) is 0 Å². The van der Waals surface area contributed by atoms with E-state index < -0.39 is 16.1 Å². The number of fused-ring (bicyclic) bond motifs is 1. The van der Waals surface area contributed by atoms with Crippen LogP contribution in [0.3, 0.4) is 0 Å². The largest absolute Gasteiger partial charge is 0.364 e. The molecule has 9 nitrogen and oxygen atoms in total. The van der Waals surface area contributed by atoms with Crippen LogP contribution in [0.1, 0.15) is 22.4 Å². The lowest BCUT2D eigenvalue weighted by molar-refractivity contribution is 0.309. The molecule has 0 saturated heterocycles. The van der Waals surface area contributed by atoms with Gasteiger partial charge in [-0.3, -0.25) is 0 Å². The molecule has 0 fully saturated rings. The maximum atomic E-state index is 14.5. The van der Waals surface area contributed by atoms with Crippen molar-refractivity contribution >= 4 is 15.7 Å². The van der Waals surface area contributed by atoms with Gasteiger partial charge in [-0.05, 0) is 48.2 Å². The minimum atomic E-state index is -4.00. The lowest BCUT2D eigenvalue weighted by Crippen LogP contribution is -2.51. The van der Waals surface area contributed by atoms with Crippen molar-refractivity contribution in [3.05, 3.63) is 95.7 Å². The van der Waals surface area contributed by atoms with Gasteiger partial charge in [0.1, 0.15) is 5.82 Å². The normalized spacial score (nSPS) is 15.4. The molecule has 0 bridgehead atoms. The molecular weight excluding hydrogens is 505 g/mol. The van der Waals surface area contributed by atoms with Crippen LogP contribution in [0.25, 0.3) is 0 Å². The minimum absolute atomic E-state index is 0.0525. The van der Waals surface area contributed by atoms with Crippen LogP contribution in [0.5, 0.6) is 0 Å². The van der Waals surface area contributed by atoms with E-state index in [2.05, 4.69) is 20.9 Å². The fraction of sp³-hybridized carbons (Fsp3) is 0.296. The summed E-state index contributed by atoms with van der Waals surface area (Å²) in [7, 11) is -0.379. The van der Waals surface area contributed by atoms with Gasteiger partial charge in [0.25, 0.3) is 10.0 Å². The number of sulfonamides is 1. The topological polar surface area (TPSA) is 100 Å². The van der Waals surface area contributed by atoms with Gasteiger partial charge in [0.15, 0.2) is 5.03 Å². The fourth-order valence-corrected chi connectivity index (χ4v) is 6.53. The van der Waals surface area contributed by atoms with Gasteiger partial charge in [-0.25, -0.2) is 22.8 Å². The molecule has 1 atom stereocenters. The number of benzene rings is 2. The second kappa shape index (κ2) is 10.4. The van der Waals surface area contributed by atoms with Gasteiger partial charge in [0.2, 0.25) is 0 Å². The van der Waals surface area contributed by atoms with E-state index in [0.717, 1.165) is 16.9 Å². The monoisotopic (exact) mass is 533 g/mol. The number of hydrogen-bond acceptors (Lipinski definition) is 6. The fourth-order valence-electron chi connectivity index (χ4n) is 4.95. The molecule has 1 unspecified atom stereocenters. The smallest absolute Gasteiger partial charge is 0.262 e. The highest BCUT2D eigenvalue weighted by Crippen LogP contribution is 2.33. The van der Waals surface area contributed by atoms with Crippen molar-refractivity contribution in [1.29, 1.82) is 5.26 Å². The lowest BCUT2D eigenvalue weighted by atomic mass is 9.95. The van der Waals surface area contributed by atoms with Crippen molar-refractivity contribution < 1.29 is 12.8 Å². The maximum absolute atomic E-state index is 14.5. The molecule has 0 saturated carbocycles. The molecule has 196 valence electrons. The predicted octanol–water partition coefficient (Wildman–Crippen LogP) is 3.03. The van der Waals surface area contributed by atoms with Crippen molar-refractivity contribution in [2.45, 2.75) is 30.5 Å². The molecule has 2 aromatic carbocycles. The number of rotatable bonds is 8. The quantitative estimate of drug-likeness (QED) is 0.345. The van der Waals surface area contributed by atoms with Crippen molar-refractivity contribution in [1.82, 2.24) is 23.4 Å². The van der Waals surface area contributed by atoms with Crippen LogP contribution in [-0.2, 0) is 43.5 Å². The Bertz CT molecular complexity index is 1610. The zero-order chi connectivity index (χ0) is 26.9. The van der Waals surface area contributed by atoms with E-state index in [9.17, 15) is 18.1 Å². The molecule has 38 heavy (non-hydrogen) atoms. The van der Waals surface area contributed by atoms with E-state index in [-0.39, 0.29) is 23.8 Å². The molecule has 11 heteroatoms. The van der Waals surface area contributed by atoms with E-state index in [4.69, 9.17) is 0 Å². The Kier molecular flexibility index (Phi) is 7.01. The molecule has 0 amide bonds. The summed E-state index contributed by atoms with van der Waals surface area (Å²) < 4.78 is 47.3. The number of imidazole rings is 2. The average Bonchev–Trinajstić information content (AvgIpc) is 3.53. The van der Waals surface area contributed by atoms with Gasteiger partial charge in [0, 0.05) is 51.3 Å². The first-order valence-electron chi connectivity index (χ1n) is 12.2. The first-order chi connectivity index (χ1) is 18.3. The Morgan fingerprint density at radius 3 is 2.68 bits per heavy atom. The summed E-state index contributed by atoms with van der Waals surface area (Å²) in [5.74, 6) is -0.367. The van der Waals surface area contributed by atoms with E-state index in [0.29, 0.717) is 30.6 Å². The number of anilines is 1. The minimum Gasteiger partial charge on any atom is -0.364 e. The molecule has 0 radical (unpaired) electrons. The highest BCUT2D eigenvalue weighted by molar-refractivity contribution is 7.89. The van der Waals surface area contributed by atoms with Crippen LogP contribution in [0.4, 0.5) is 10.1 Å². The molecule has 2 aromatic heterocycles. The SMILES string of the molecule is Cn1cnc(S(=O)(=O)N(CCc2ccccc2F)C2Cc3cc(C#N)ccc3N(Cc3cncn3C)C2)c1.